The van der Waals surface area contributed by atoms with Crippen molar-refractivity contribution in [2.24, 2.45) is 5.73 Å². The van der Waals surface area contributed by atoms with Gasteiger partial charge in [-0.2, -0.15) is 0 Å². The second-order valence-corrected chi connectivity index (χ2v) is 4.50. The monoisotopic (exact) mass is 192 g/mol. The molecule has 0 bridgehead atoms. The molecule has 0 fully saturated rings. The fourth-order valence-electron chi connectivity index (χ4n) is 1.55. The van der Waals surface area contributed by atoms with Gasteiger partial charge in [-0.3, -0.25) is 0 Å². The minimum absolute atomic E-state index is 0.0425. The fraction of sp³-hybridized carbons (Fsp3) is 0.500. The van der Waals surface area contributed by atoms with Crippen LogP contribution in [0.15, 0.2) is 24.3 Å². The van der Waals surface area contributed by atoms with Gasteiger partial charge in [0.2, 0.25) is 0 Å². The maximum Gasteiger partial charge on any atom is 0.0399 e. The molecule has 2 N–H and O–H groups in total. The van der Waals surface area contributed by atoms with Crippen molar-refractivity contribution in [2.45, 2.75) is 19.3 Å². The highest BCUT2D eigenvalue weighted by atomic mass is 15.1. The molecule has 0 radical (unpaired) electrons. The van der Waals surface area contributed by atoms with Crippen molar-refractivity contribution in [3.05, 3.63) is 29.8 Å². The lowest BCUT2D eigenvalue weighted by Gasteiger charge is -2.28. The second kappa shape index (κ2) is 4.01. The topological polar surface area (TPSA) is 29.3 Å². The lowest BCUT2D eigenvalue weighted by molar-refractivity contribution is 0.539. The number of anilines is 1. The summed E-state index contributed by atoms with van der Waals surface area (Å²) >= 11 is 0. The maximum absolute atomic E-state index is 5.79. The highest BCUT2D eigenvalue weighted by molar-refractivity contribution is 5.55. The van der Waals surface area contributed by atoms with Crippen LogP contribution in [0, 0.1) is 0 Å². The van der Waals surface area contributed by atoms with Gasteiger partial charge in [-0.05, 0) is 11.6 Å². The molecule has 0 unspecified atom stereocenters. The smallest absolute Gasteiger partial charge is 0.0399 e. The van der Waals surface area contributed by atoms with E-state index in [1.54, 1.807) is 0 Å². The first-order valence-corrected chi connectivity index (χ1v) is 4.96. The third-order valence-corrected chi connectivity index (χ3v) is 2.63. The van der Waals surface area contributed by atoms with Crippen LogP contribution in [0.1, 0.15) is 19.4 Å². The van der Waals surface area contributed by atoms with Crippen molar-refractivity contribution in [1.29, 1.82) is 0 Å². The third-order valence-electron chi connectivity index (χ3n) is 2.63. The Hall–Kier alpha value is -1.02. The molecule has 2 nitrogen and oxygen atoms in total. The summed E-state index contributed by atoms with van der Waals surface area (Å²) in [6.07, 6.45) is 0. The van der Waals surface area contributed by atoms with Crippen LogP contribution in [-0.2, 0) is 5.41 Å². The van der Waals surface area contributed by atoms with E-state index in [0.29, 0.717) is 6.54 Å². The average Bonchev–Trinajstić information content (AvgIpc) is 2.18. The van der Waals surface area contributed by atoms with Crippen molar-refractivity contribution in [1.82, 2.24) is 0 Å². The van der Waals surface area contributed by atoms with Gasteiger partial charge in [0, 0.05) is 31.7 Å². The minimum atomic E-state index is 0.0425. The highest BCUT2D eigenvalue weighted by Crippen LogP contribution is 2.30. The second-order valence-electron chi connectivity index (χ2n) is 4.50. The molecule has 0 aliphatic carbocycles. The molecule has 0 aliphatic rings. The Kier molecular flexibility index (Phi) is 3.17. The lowest BCUT2D eigenvalue weighted by Crippen LogP contribution is -2.30. The van der Waals surface area contributed by atoms with Crippen molar-refractivity contribution in [2.75, 3.05) is 25.5 Å². The summed E-state index contributed by atoms with van der Waals surface area (Å²) < 4.78 is 0. The Morgan fingerprint density at radius 2 is 1.79 bits per heavy atom. The third kappa shape index (κ3) is 2.07. The summed E-state index contributed by atoms with van der Waals surface area (Å²) in [7, 11) is 4.12. The summed E-state index contributed by atoms with van der Waals surface area (Å²) in [4.78, 5) is 2.13. The van der Waals surface area contributed by atoms with E-state index in [4.69, 9.17) is 5.73 Å². The van der Waals surface area contributed by atoms with E-state index < -0.39 is 0 Å². The lowest BCUT2D eigenvalue weighted by atomic mass is 9.83. The van der Waals surface area contributed by atoms with Crippen LogP contribution in [0.4, 0.5) is 5.69 Å². The molecule has 0 spiro atoms. The molecule has 1 rings (SSSR count). The Bertz CT molecular complexity index is 303. The van der Waals surface area contributed by atoms with E-state index in [9.17, 15) is 0 Å². The van der Waals surface area contributed by atoms with Gasteiger partial charge in [-0.1, -0.05) is 32.0 Å². The van der Waals surface area contributed by atoms with Gasteiger partial charge < -0.3 is 10.6 Å². The highest BCUT2D eigenvalue weighted by Gasteiger charge is 2.21. The number of nitrogens with two attached hydrogens (primary N) is 1. The standard InChI is InChI=1S/C12H20N2/c1-12(2,9-13)10-7-5-6-8-11(10)14(3)4/h5-8H,9,13H2,1-4H3. The van der Waals surface area contributed by atoms with Crippen molar-refractivity contribution < 1.29 is 0 Å². The summed E-state index contributed by atoms with van der Waals surface area (Å²) in [5.41, 5.74) is 8.40. The molecular weight excluding hydrogens is 172 g/mol. The van der Waals surface area contributed by atoms with Gasteiger partial charge in [0.25, 0.3) is 0 Å². The van der Waals surface area contributed by atoms with Crippen LogP contribution in [-0.4, -0.2) is 20.6 Å². The molecule has 78 valence electrons. The van der Waals surface area contributed by atoms with E-state index in [1.807, 2.05) is 0 Å². The van der Waals surface area contributed by atoms with Gasteiger partial charge in [-0.25, -0.2) is 0 Å². The van der Waals surface area contributed by atoms with Crippen LogP contribution in [0.3, 0.4) is 0 Å². The van der Waals surface area contributed by atoms with Crippen molar-refractivity contribution in [3.8, 4) is 0 Å². The summed E-state index contributed by atoms with van der Waals surface area (Å²) in [6.45, 7) is 5.02. The normalized spacial score (nSPS) is 11.5. The quantitative estimate of drug-likeness (QED) is 0.793. The molecule has 0 aliphatic heterocycles. The Morgan fingerprint density at radius 1 is 1.21 bits per heavy atom. The molecule has 14 heavy (non-hydrogen) atoms. The number of benzene rings is 1. The predicted molar refractivity (Wildman–Crippen MR) is 62.8 cm³/mol. The summed E-state index contributed by atoms with van der Waals surface area (Å²) in [5, 5.41) is 0. The first-order valence-electron chi connectivity index (χ1n) is 4.96. The number of nitrogens with zero attached hydrogens (tertiary/aromatic N) is 1. The largest absolute Gasteiger partial charge is 0.377 e. The van der Waals surface area contributed by atoms with Gasteiger partial charge in [-0.15, -0.1) is 0 Å². The number of rotatable bonds is 3. The molecule has 0 saturated carbocycles. The van der Waals surface area contributed by atoms with Crippen LogP contribution in [0.5, 0.6) is 0 Å². The zero-order valence-electron chi connectivity index (χ0n) is 9.54. The minimum Gasteiger partial charge on any atom is -0.377 e. The van der Waals surface area contributed by atoms with Gasteiger partial charge in [0.1, 0.15) is 0 Å². The molecule has 0 atom stereocenters. The molecule has 0 aromatic heterocycles. The van der Waals surface area contributed by atoms with Crippen molar-refractivity contribution >= 4 is 5.69 Å². The predicted octanol–water partition coefficient (Wildman–Crippen LogP) is 1.99. The zero-order valence-corrected chi connectivity index (χ0v) is 9.54. The first kappa shape index (κ1) is 11.1. The Labute approximate surface area is 86.7 Å². The molecular formula is C12H20N2. The average molecular weight is 192 g/mol. The summed E-state index contributed by atoms with van der Waals surface area (Å²) in [5.74, 6) is 0. The van der Waals surface area contributed by atoms with Gasteiger partial charge in [0.05, 0.1) is 0 Å². The van der Waals surface area contributed by atoms with E-state index in [2.05, 4.69) is 57.1 Å². The van der Waals surface area contributed by atoms with E-state index in [1.165, 1.54) is 11.3 Å². The van der Waals surface area contributed by atoms with Crippen LogP contribution >= 0.6 is 0 Å². The van der Waals surface area contributed by atoms with Crippen LogP contribution in [0.25, 0.3) is 0 Å². The summed E-state index contributed by atoms with van der Waals surface area (Å²) in [6, 6.07) is 8.42. The van der Waals surface area contributed by atoms with Crippen LogP contribution < -0.4 is 10.6 Å². The van der Waals surface area contributed by atoms with Gasteiger partial charge >= 0.3 is 0 Å². The first-order chi connectivity index (χ1) is 6.49. The van der Waals surface area contributed by atoms with E-state index in [-0.39, 0.29) is 5.41 Å². The number of hydrogen-bond donors (Lipinski definition) is 1. The molecule has 2 heteroatoms. The SMILES string of the molecule is CN(C)c1ccccc1C(C)(C)CN. The van der Waals surface area contributed by atoms with E-state index >= 15 is 0 Å². The fourth-order valence-corrected chi connectivity index (χ4v) is 1.55. The molecule has 0 heterocycles. The molecule has 1 aromatic rings. The Balaban J connectivity index is 3.20. The Morgan fingerprint density at radius 3 is 2.29 bits per heavy atom. The molecule has 1 aromatic carbocycles. The van der Waals surface area contributed by atoms with Crippen LogP contribution in [0.2, 0.25) is 0 Å². The van der Waals surface area contributed by atoms with Gasteiger partial charge in [0.15, 0.2) is 0 Å². The van der Waals surface area contributed by atoms with Crippen molar-refractivity contribution in [3.63, 3.8) is 0 Å². The number of hydrogen-bond acceptors (Lipinski definition) is 2. The zero-order chi connectivity index (χ0) is 10.8. The molecule has 0 saturated heterocycles. The number of para-hydroxylation sites is 1. The van der Waals surface area contributed by atoms with E-state index in [0.717, 1.165) is 0 Å². The maximum atomic E-state index is 5.79. The molecule has 0 amide bonds.